The van der Waals surface area contributed by atoms with Gasteiger partial charge in [-0.15, -0.1) is 0 Å². The van der Waals surface area contributed by atoms with Crippen LogP contribution in [0.25, 0.3) is 17.2 Å². The summed E-state index contributed by atoms with van der Waals surface area (Å²) < 4.78 is 33.0. The molecule has 0 radical (unpaired) electrons. The van der Waals surface area contributed by atoms with Crippen molar-refractivity contribution in [2.45, 2.75) is 31.3 Å². The van der Waals surface area contributed by atoms with Crippen molar-refractivity contribution >= 4 is 27.9 Å². The molecule has 0 aliphatic carbocycles. The minimum absolute atomic E-state index is 0.142. The maximum Gasteiger partial charge on any atom is 0.331 e. The molecular weight excluding hydrogens is 412 g/mol. The molecule has 6 nitrogen and oxygen atoms in total. The van der Waals surface area contributed by atoms with Crippen LogP contribution in [-0.4, -0.2) is 25.0 Å². The van der Waals surface area contributed by atoms with Crippen molar-refractivity contribution in [2.24, 2.45) is 0 Å². The molecule has 0 atom stereocenters. The summed E-state index contributed by atoms with van der Waals surface area (Å²) in [6.07, 6.45) is 4.33. The van der Waals surface area contributed by atoms with Crippen LogP contribution in [0.3, 0.4) is 0 Å². The maximum atomic E-state index is 12.7. The summed E-state index contributed by atoms with van der Waals surface area (Å²) in [6, 6.07) is 19.6. The number of rotatable bonds is 6. The van der Waals surface area contributed by atoms with Gasteiger partial charge in [-0.05, 0) is 67.8 Å². The van der Waals surface area contributed by atoms with E-state index in [9.17, 15) is 13.2 Å². The van der Waals surface area contributed by atoms with Crippen molar-refractivity contribution in [3.8, 4) is 11.1 Å². The van der Waals surface area contributed by atoms with Gasteiger partial charge in [-0.2, -0.15) is 0 Å². The lowest BCUT2D eigenvalue weighted by molar-refractivity contribution is -0.148. The van der Waals surface area contributed by atoms with Crippen molar-refractivity contribution in [1.29, 1.82) is 0 Å². The fourth-order valence-corrected chi connectivity index (χ4v) is 3.73. The molecule has 3 rings (SSSR count). The monoisotopic (exact) mass is 436 g/mol. The highest BCUT2D eigenvalue weighted by molar-refractivity contribution is 7.92. The van der Waals surface area contributed by atoms with Crippen molar-refractivity contribution in [1.82, 2.24) is 4.98 Å². The molecule has 3 aromatic rings. The molecule has 31 heavy (non-hydrogen) atoms. The number of hydrogen-bond donors (Lipinski definition) is 1. The summed E-state index contributed by atoms with van der Waals surface area (Å²) in [7, 11) is -3.78. The van der Waals surface area contributed by atoms with Gasteiger partial charge in [0.2, 0.25) is 0 Å². The first-order valence-corrected chi connectivity index (χ1v) is 11.2. The van der Waals surface area contributed by atoms with Crippen molar-refractivity contribution in [3.63, 3.8) is 0 Å². The first-order chi connectivity index (χ1) is 14.6. The second kappa shape index (κ2) is 9.14. The number of ether oxygens (including phenoxy) is 1. The molecule has 0 spiro atoms. The van der Waals surface area contributed by atoms with E-state index in [4.69, 9.17) is 4.74 Å². The van der Waals surface area contributed by atoms with Crippen LogP contribution >= 0.6 is 0 Å². The molecule has 7 heteroatoms. The van der Waals surface area contributed by atoms with Gasteiger partial charge >= 0.3 is 5.97 Å². The number of aromatic nitrogens is 1. The Morgan fingerprint density at radius 1 is 0.935 bits per heavy atom. The summed E-state index contributed by atoms with van der Waals surface area (Å²) in [5.41, 5.74) is 2.01. The lowest BCUT2D eigenvalue weighted by Crippen LogP contribution is -2.22. The second-order valence-electron chi connectivity index (χ2n) is 7.84. The number of nitrogens with zero attached hydrogens (tertiary/aromatic N) is 1. The number of pyridine rings is 1. The number of benzene rings is 2. The molecule has 0 saturated carbocycles. The molecule has 0 aliphatic rings. The van der Waals surface area contributed by atoms with E-state index in [1.54, 1.807) is 57.2 Å². The second-order valence-corrected chi connectivity index (χ2v) is 9.52. The van der Waals surface area contributed by atoms with Gasteiger partial charge in [0.25, 0.3) is 10.0 Å². The van der Waals surface area contributed by atoms with Gasteiger partial charge in [0, 0.05) is 12.3 Å². The Kier molecular flexibility index (Phi) is 6.56. The van der Waals surface area contributed by atoms with Gasteiger partial charge in [0.05, 0.1) is 4.90 Å². The molecule has 0 bridgehead atoms. The Hall–Kier alpha value is -3.45. The maximum absolute atomic E-state index is 12.7. The topological polar surface area (TPSA) is 85.4 Å². The van der Waals surface area contributed by atoms with Crippen molar-refractivity contribution < 1.29 is 17.9 Å². The molecule has 160 valence electrons. The van der Waals surface area contributed by atoms with Gasteiger partial charge < -0.3 is 4.74 Å². The third-order valence-corrected chi connectivity index (χ3v) is 5.49. The molecule has 0 unspecified atom stereocenters. The summed E-state index contributed by atoms with van der Waals surface area (Å²) in [4.78, 5) is 16.0. The van der Waals surface area contributed by atoms with Crippen molar-refractivity contribution in [2.75, 3.05) is 4.72 Å². The fraction of sp³-hybridized carbons (Fsp3) is 0.167. The van der Waals surface area contributed by atoms with Crippen LogP contribution in [-0.2, 0) is 19.6 Å². The van der Waals surface area contributed by atoms with Gasteiger partial charge in [-0.3, -0.25) is 4.72 Å². The lowest BCUT2D eigenvalue weighted by Gasteiger charge is -2.17. The van der Waals surface area contributed by atoms with E-state index in [2.05, 4.69) is 9.71 Å². The van der Waals surface area contributed by atoms with Gasteiger partial charge in [0.15, 0.2) is 0 Å². The highest BCUT2D eigenvalue weighted by Crippen LogP contribution is 2.22. The minimum atomic E-state index is -3.78. The standard InChI is InChI=1S/C24H24N2O4S/c1-24(2,3)30-23(27)16-10-18-9-15-22(25-17-18)26-31(28,29)21-13-11-20(12-14-21)19-7-5-4-6-8-19/h4-17H,1-3H3,(H,25,26)/b16-10+. The van der Waals surface area contributed by atoms with E-state index in [1.807, 2.05) is 30.3 Å². The molecule has 0 amide bonds. The van der Waals surface area contributed by atoms with Crippen LogP contribution in [0.5, 0.6) is 0 Å². The number of carbonyl (C=O) groups excluding carboxylic acids is 1. The van der Waals surface area contributed by atoms with Gasteiger partial charge in [-0.25, -0.2) is 18.2 Å². The molecule has 1 heterocycles. The Labute approximate surface area is 182 Å². The minimum Gasteiger partial charge on any atom is -0.457 e. The smallest absolute Gasteiger partial charge is 0.331 e. The summed E-state index contributed by atoms with van der Waals surface area (Å²) in [5, 5.41) is 0. The van der Waals surface area contributed by atoms with Crippen LogP contribution in [0.1, 0.15) is 26.3 Å². The fourth-order valence-electron chi connectivity index (χ4n) is 2.72. The van der Waals surface area contributed by atoms with Crippen LogP contribution in [0.4, 0.5) is 5.82 Å². The zero-order valence-electron chi connectivity index (χ0n) is 17.6. The molecular formula is C24H24N2O4S. The van der Waals surface area contributed by atoms with E-state index in [1.165, 1.54) is 18.3 Å². The van der Waals surface area contributed by atoms with Crippen LogP contribution in [0.2, 0.25) is 0 Å². The molecule has 0 saturated heterocycles. The Balaban J connectivity index is 1.67. The molecule has 2 aromatic carbocycles. The number of carbonyl (C=O) groups is 1. The molecule has 0 fully saturated rings. The average Bonchev–Trinajstić information content (AvgIpc) is 2.72. The number of sulfonamides is 1. The SMILES string of the molecule is CC(C)(C)OC(=O)/C=C/c1ccc(NS(=O)(=O)c2ccc(-c3ccccc3)cc2)nc1. The number of anilines is 1. The largest absolute Gasteiger partial charge is 0.457 e. The highest BCUT2D eigenvalue weighted by Gasteiger charge is 2.15. The Morgan fingerprint density at radius 3 is 2.16 bits per heavy atom. The number of esters is 1. The Bertz CT molecular complexity index is 1160. The van der Waals surface area contributed by atoms with Crippen LogP contribution in [0.15, 0.2) is 83.9 Å². The van der Waals surface area contributed by atoms with Gasteiger partial charge in [0.1, 0.15) is 11.4 Å². The number of hydrogen-bond acceptors (Lipinski definition) is 5. The van der Waals surface area contributed by atoms with Gasteiger partial charge in [-0.1, -0.05) is 42.5 Å². The van der Waals surface area contributed by atoms with E-state index in [0.717, 1.165) is 11.1 Å². The third-order valence-electron chi connectivity index (χ3n) is 4.12. The predicted molar refractivity (Wildman–Crippen MR) is 122 cm³/mol. The van der Waals surface area contributed by atoms with E-state index >= 15 is 0 Å². The van der Waals surface area contributed by atoms with Crippen LogP contribution in [0, 0.1) is 0 Å². The zero-order valence-corrected chi connectivity index (χ0v) is 18.4. The quantitative estimate of drug-likeness (QED) is 0.439. The van der Waals surface area contributed by atoms with E-state index < -0.39 is 21.6 Å². The van der Waals surface area contributed by atoms with Crippen LogP contribution < -0.4 is 4.72 Å². The average molecular weight is 437 g/mol. The van der Waals surface area contributed by atoms with Crippen molar-refractivity contribution in [3.05, 3.63) is 84.6 Å². The molecule has 0 aliphatic heterocycles. The Morgan fingerprint density at radius 2 is 1.58 bits per heavy atom. The molecule has 1 N–H and O–H groups in total. The summed E-state index contributed by atoms with van der Waals surface area (Å²) in [6.45, 7) is 5.36. The predicted octanol–water partition coefficient (Wildman–Crippen LogP) is 4.90. The summed E-state index contributed by atoms with van der Waals surface area (Å²) >= 11 is 0. The third kappa shape index (κ3) is 6.52. The summed E-state index contributed by atoms with van der Waals surface area (Å²) in [5.74, 6) is -0.280. The lowest BCUT2D eigenvalue weighted by atomic mass is 10.1. The van der Waals surface area contributed by atoms with E-state index in [-0.39, 0.29) is 10.7 Å². The highest BCUT2D eigenvalue weighted by atomic mass is 32.2. The normalized spacial score (nSPS) is 12.0. The number of nitrogens with one attached hydrogen (secondary N) is 1. The first-order valence-electron chi connectivity index (χ1n) is 9.68. The molecule has 1 aromatic heterocycles. The first kappa shape index (κ1) is 22.2. The van der Waals surface area contributed by atoms with E-state index in [0.29, 0.717) is 5.56 Å². The zero-order chi connectivity index (χ0) is 22.5.